The first kappa shape index (κ1) is 13.8. The number of rotatable bonds is 2. The van der Waals surface area contributed by atoms with Crippen LogP contribution in [0.2, 0.25) is 0 Å². The molecular weight excluding hydrogens is 339 g/mol. The average molecular weight is 349 g/mol. The van der Waals surface area contributed by atoms with Gasteiger partial charge in [0.2, 0.25) is 0 Å². The van der Waals surface area contributed by atoms with Crippen molar-refractivity contribution in [3.63, 3.8) is 0 Å². The SMILES string of the molecule is Nc1cccc2c1C(=O)N(Cc1cccc(F)c1Br)C2=O. The van der Waals surface area contributed by atoms with Crippen molar-refractivity contribution in [3.8, 4) is 0 Å². The molecule has 1 aliphatic rings. The maximum absolute atomic E-state index is 13.5. The summed E-state index contributed by atoms with van der Waals surface area (Å²) in [5.74, 6) is -1.31. The van der Waals surface area contributed by atoms with Gasteiger partial charge in [0, 0.05) is 5.69 Å². The second kappa shape index (κ2) is 4.96. The summed E-state index contributed by atoms with van der Waals surface area (Å²) in [5, 5.41) is 0. The molecule has 4 nitrogen and oxygen atoms in total. The molecule has 3 rings (SSSR count). The van der Waals surface area contributed by atoms with Crippen molar-refractivity contribution in [2.75, 3.05) is 5.73 Å². The van der Waals surface area contributed by atoms with Crippen LogP contribution in [0.3, 0.4) is 0 Å². The second-order valence-electron chi connectivity index (χ2n) is 4.68. The van der Waals surface area contributed by atoms with Crippen molar-refractivity contribution < 1.29 is 14.0 Å². The molecule has 0 aromatic heterocycles. The molecule has 0 spiro atoms. The molecule has 2 N–H and O–H groups in total. The van der Waals surface area contributed by atoms with Gasteiger partial charge in [-0.15, -0.1) is 0 Å². The summed E-state index contributed by atoms with van der Waals surface area (Å²) in [5.41, 5.74) is 7.05. The van der Waals surface area contributed by atoms with E-state index < -0.39 is 17.6 Å². The predicted octanol–water partition coefficient (Wildman–Crippen LogP) is 2.97. The minimum atomic E-state index is -0.454. The number of nitrogens with two attached hydrogens (primary N) is 1. The number of hydrogen-bond acceptors (Lipinski definition) is 3. The number of carbonyl (C=O) groups is 2. The van der Waals surface area contributed by atoms with Crippen molar-refractivity contribution >= 4 is 33.4 Å². The third-order valence-electron chi connectivity index (χ3n) is 3.39. The number of anilines is 1. The number of hydrogen-bond donors (Lipinski definition) is 1. The van der Waals surface area contributed by atoms with E-state index in [1.165, 1.54) is 12.1 Å². The lowest BCUT2D eigenvalue weighted by molar-refractivity contribution is 0.0642. The molecule has 1 aliphatic heterocycles. The standard InChI is InChI=1S/C15H10BrFN2O2/c16-13-8(3-1-5-10(13)17)7-19-14(20)9-4-2-6-11(18)12(9)15(19)21/h1-6H,7,18H2. The maximum Gasteiger partial charge on any atom is 0.263 e. The van der Waals surface area contributed by atoms with E-state index in [0.29, 0.717) is 5.56 Å². The van der Waals surface area contributed by atoms with Gasteiger partial charge >= 0.3 is 0 Å². The van der Waals surface area contributed by atoms with Crippen LogP contribution in [0.5, 0.6) is 0 Å². The summed E-state index contributed by atoms with van der Waals surface area (Å²) in [6.07, 6.45) is 0. The molecule has 2 amide bonds. The zero-order valence-electron chi connectivity index (χ0n) is 10.8. The van der Waals surface area contributed by atoms with Crippen LogP contribution in [0.4, 0.5) is 10.1 Å². The van der Waals surface area contributed by atoms with Crippen molar-refractivity contribution in [1.29, 1.82) is 0 Å². The molecule has 106 valence electrons. The van der Waals surface area contributed by atoms with E-state index in [9.17, 15) is 14.0 Å². The van der Waals surface area contributed by atoms with Crippen LogP contribution in [-0.4, -0.2) is 16.7 Å². The Labute approximate surface area is 128 Å². The number of fused-ring (bicyclic) bond motifs is 1. The normalized spacial score (nSPS) is 13.7. The third kappa shape index (κ3) is 2.12. The Morgan fingerprint density at radius 2 is 1.81 bits per heavy atom. The van der Waals surface area contributed by atoms with Crippen LogP contribution in [0.1, 0.15) is 26.3 Å². The first-order chi connectivity index (χ1) is 10.0. The highest BCUT2D eigenvalue weighted by Gasteiger charge is 2.37. The summed E-state index contributed by atoms with van der Waals surface area (Å²) in [7, 11) is 0. The minimum absolute atomic E-state index is 0.00979. The highest BCUT2D eigenvalue weighted by atomic mass is 79.9. The molecule has 0 saturated heterocycles. The van der Waals surface area contributed by atoms with Crippen LogP contribution >= 0.6 is 15.9 Å². The molecule has 0 saturated carbocycles. The van der Waals surface area contributed by atoms with E-state index in [1.54, 1.807) is 24.3 Å². The maximum atomic E-state index is 13.5. The van der Waals surface area contributed by atoms with Crippen LogP contribution in [0.15, 0.2) is 40.9 Å². The molecule has 2 aromatic rings. The monoisotopic (exact) mass is 348 g/mol. The van der Waals surface area contributed by atoms with Gasteiger partial charge in [-0.2, -0.15) is 0 Å². The highest BCUT2D eigenvalue weighted by Crippen LogP contribution is 2.30. The predicted molar refractivity (Wildman–Crippen MR) is 79.2 cm³/mol. The van der Waals surface area contributed by atoms with Crippen LogP contribution in [0, 0.1) is 5.82 Å². The minimum Gasteiger partial charge on any atom is -0.398 e. The first-order valence-electron chi connectivity index (χ1n) is 6.18. The summed E-state index contributed by atoms with van der Waals surface area (Å²) < 4.78 is 13.8. The fourth-order valence-corrected chi connectivity index (χ4v) is 2.73. The number of halogens is 2. The fourth-order valence-electron chi connectivity index (χ4n) is 2.34. The van der Waals surface area contributed by atoms with Gasteiger partial charge in [-0.1, -0.05) is 18.2 Å². The molecule has 0 radical (unpaired) electrons. The van der Waals surface area contributed by atoms with Gasteiger partial charge in [-0.3, -0.25) is 14.5 Å². The molecule has 1 heterocycles. The average Bonchev–Trinajstić information content (AvgIpc) is 2.70. The molecule has 0 aliphatic carbocycles. The molecule has 0 atom stereocenters. The van der Waals surface area contributed by atoms with E-state index in [-0.39, 0.29) is 27.8 Å². The Bertz CT molecular complexity index is 776. The zero-order valence-corrected chi connectivity index (χ0v) is 12.4. The Morgan fingerprint density at radius 3 is 2.52 bits per heavy atom. The van der Waals surface area contributed by atoms with Crippen LogP contribution < -0.4 is 5.73 Å². The number of amides is 2. The van der Waals surface area contributed by atoms with Gasteiger partial charge in [-0.05, 0) is 39.7 Å². The van der Waals surface area contributed by atoms with Gasteiger partial charge in [0.25, 0.3) is 11.8 Å². The van der Waals surface area contributed by atoms with Gasteiger partial charge in [0.15, 0.2) is 0 Å². The van der Waals surface area contributed by atoms with Crippen molar-refractivity contribution in [2.45, 2.75) is 6.54 Å². The van der Waals surface area contributed by atoms with Crippen molar-refractivity contribution in [1.82, 2.24) is 4.90 Å². The number of imide groups is 1. The van der Waals surface area contributed by atoms with E-state index in [1.807, 2.05) is 0 Å². The van der Waals surface area contributed by atoms with E-state index >= 15 is 0 Å². The Balaban J connectivity index is 1.99. The third-order valence-corrected chi connectivity index (χ3v) is 4.28. The molecule has 0 bridgehead atoms. The zero-order chi connectivity index (χ0) is 15.1. The lowest BCUT2D eigenvalue weighted by Gasteiger charge is -2.15. The quantitative estimate of drug-likeness (QED) is 0.670. The highest BCUT2D eigenvalue weighted by molar-refractivity contribution is 9.10. The summed E-state index contributed by atoms with van der Waals surface area (Å²) in [6, 6.07) is 9.25. The first-order valence-corrected chi connectivity index (χ1v) is 6.97. The number of benzene rings is 2. The topological polar surface area (TPSA) is 63.4 Å². The Morgan fingerprint density at radius 1 is 1.10 bits per heavy atom. The largest absolute Gasteiger partial charge is 0.398 e. The van der Waals surface area contributed by atoms with E-state index in [0.717, 1.165) is 4.90 Å². The van der Waals surface area contributed by atoms with Crippen molar-refractivity contribution in [2.24, 2.45) is 0 Å². The van der Waals surface area contributed by atoms with Gasteiger partial charge in [-0.25, -0.2) is 4.39 Å². The van der Waals surface area contributed by atoms with Crippen LogP contribution in [0.25, 0.3) is 0 Å². The van der Waals surface area contributed by atoms with Crippen molar-refractivity contribution in [3.05, 3.63) is 63.4 Å². The smallest absolute Gasteiger partial charge is 0.263 e. The van der Waals surface area contributed by atoms with Gasteiger partial charge < -0.3 is 5.73 Å². The van der Waals surface area contributed by atoms with Gasteiger partial charge in [0.1, 0.15) is 5.82 Å². The molecule has 21 heavy (non-hydrogen) atoms. The van der Waals surface area contributed by atoms with Crippen LogP contribution in [-0.2, 0) is 6.54 Å². The Kier molecular flexibility index (Phi) is 3.25. The summed E-state index contributed by atoms with van der Waals surface area (Å²) >= 11 is 3.13. The molecule has 6 heteroatoms. The second-order valence-corrected chi connectivity index (χ2v) is 5.47. The number of carbonyl (C=O) groups excluding carboxylic acids is 2. The van der Waals surface area contributed by atoms with E-state index in [2.05, 4.69) is 15.9 Å². The Hall–Kier alpha value is -2.21. The lowest BCUT2D eigenvalue weighted by Crippen LogP contribution is -2.29. The summed E-state index contributed by atoms with van der Waals surface area (Å²) in [6.45, 7) is -0.00979. The molecule has 0 unspecified atom stereocenters. The fraction of sp³-hybridized carbons (Fsp3) is 0.0667. The van der Waals surface area contributed by atoms with E-state index in [4.69, 9.17) is 5.73 Å². The summed E-state index contributed by atoms with van der Waals surface area (Å²) in [4.78, 5) is 25.7. The molecule has 2 aromatic carbocycles. The molecule has 0 fully saturated rings. The lowest BCUT2D eigenvalue weighted by atomic mass is 10.1. The molecular formula is C15H10BrFN2O2. The number of nitrogen functional groups attached to an aromatic ring is 1. The van der Waals surface area contributed by atoms with Gasteiger partial charge in [0.05, 0.1) is 22.1 Å². The number of nitrogens with zero attached hydrogens (tertiary/aromatic N) is 1.